The molecule has 0 radical (unpaired) electrons. The van der Waals surface area contributed by atoms with Gasteiger partial charge in [-0.15, -0.1) is 12.4 Å². The summed E-state index contributed by atoms with van der Waals surface area (Å²) in [4.78, 5) is 14.3. The molecule has 1 aromatic carbocycles. The van der Waals surface area contributed by atoms with Crippen molar-refractivity contribution < 1.29 is 13.2 Å². The molecule has 1 aliphatic carbocycles. The Morgan fingerprint density at radius 3 is 2.38 bits per heavy atom. The van der Waals surface area contributed by atoms with Crippen molar-refractivity contribution in [3.63, 3.8) is 0 Å². The minimum Gasteiger partial charge on any atom is -0.340 e. The normalized spacial score (nSPS) is 18.1. The van der Waals surface area contributed by atoms with Crippen LogP contribution in [0.5, 0.6) is 0 Å². The maximum absolute atomic E-state index is 12.1. The maximum Gasteiger partial charge on any atom is 0.240 e. The van der Waals surface area contributed by atoms with E-state index in [1.54, 1.807) is 24.3 Å². The first-order valence-corrected chi connectivity index (χ1v) is 9.63. The van der Waals surface area contributed by atoms with Gasteiger partial charge in [0.25, 0.3) is 0 Å². The molecular formula is C16H24ClN3O3S. The quantitative estimate of drug-likeness (QED) is 0.777. The predicted molar refractivity (Wildman–Crippen MR) is 94.8 cm³/mol. The van der Waals surface area contributed by atoms with Crippen LogP contribution in [0.25, 0.3) is 0 Å². The zero-order valence-electron chi connectivity index (χ0n) is 13.5. The Morgan fingerprint density at radius 2 is 1.79 bits per heavy atom. The van der Waals surface area contributed by atoms with Crippen molar-refractivity contribution in [2.24, 2.45) is 0 Å². The van der Waals surface area contributed by atoms with Crippen LogP contribution in [0, 0.1) is 0 Å². The summed E-state index contributed by atoms with van der Waals surface area (Å²) in [6.07, 6.45) is 2.95. The molecule has 0 bridgehead atoms. The molecule has 2 fully saturated rings. The number of piperazine rings is 1. The maximum atomic E-state index is 12.1. The van der Waals surface area contributed by atoms with Crippen LogP contribution in [0.15, 0.2) is 29.2 Å². The van der Waals surface area contributed by atoms with Gasteiger partial charge < -0.3 is 10.2 Å². The molecule has 1 saturated heterocycles. The van der Waals surface area contributed by atoms with Crippen LogP contribution in [0.4, 0.5) is 0 Å². The molecule has 0 unspecified atom stereocenters. The lowest BCUT2D eigenvalue weighted by Gasteiger charge is -2.27. The third-order valence-electron chi connectivity index (χ3n) is 4.23. The molecule has 0 spiro atoms. The summed E-state index contributed by atoms with van der Waals surface area (Å²) in [5, 5.41) is 3.22. The summed E-state index contributed by atoms with van der Waals surface area (Å²) < 4.78 is 26.8. The van der Waals surface area contributed by atoms with Crippen LogP contribution in [0.2, 0.25) is 0 Å². The number of carbonyl (C=O) groups is 1. The van der Waals surface area contributed by atoms with Crippen LogP contribution < -0.4 is 10.0 Å². The van der Waals surface area contributed by atoms with Gasteiger partial charge in [0.1, 0.15) is 0 Å². The zero-order valence-corrected chi connectivity index (χ0v) is 15.2. The lowest BCUT2D eigenvalue weighted by atomic mass is 10.1. The number of rotatable bonds is 6. The Morgan fingerprint density at radius 1 is 1.17 bits per heavy atom. The van der Waals surface area contributed by atoms with Gasteiger partial charge in [0.15, 0.2) is 0 Å². The van der Waals surface area contributed by atoms with Crippen LogP contribution in [-0.2, 0) is 21.2 Å². The highest BCUT2D eigenvalue weighted by Gasteiger charge is 2.27. The van der Waals surface area contributed by atoms with Gasteiger partial charge in [-0.05, 0) is 37.0 Å². The molecule has 1 saturated carbocycles. The van der Waals surface area contributed by atoms with Crippen LogP contribution in [0.3, 0.4) is 0 Å². The molecule has 2 N–H and O–H groups in total. The lowest BCUT2D eigenvalue weighted by molar-refractivity contribution is -0.131. The van der Waals surface area contributed by atoms with Gasteiger partial charge in [-0.1, -0.05) is 12.1 Å². The highest BCUT2D eigenvalue weighted by atomic mass is 35.5. The molecule has 1 amide bonds. The first-order valence-electron chi connectivity index (χ1n) is 8.14. The van der Waals surface area contributed by atoms with Crippen molar-refractivity contribution >= 4 is 28.3 Å². The number of nitrogens with zero attached hydrogens (tertiary/aromatic N) is 1. The average Bonchev–Trinajstić information content (AvgIpc) is 3.37. The Hall–Kier alpha value is -1.15. The van der Waals surface area contributed by atoms with Gasteiger partial charge in [-0.3, -0.25) is 4.79 Å². The second kappa shape index (κ2) is 8.29. The largest absolute Gasteiger partial charge is 0.340 e. The topological polar surface area (TPSA) is 78.5 Å². The molecule has 1 aliphatic heterocycles. The second-order valence-electron chi connectivity index (χ2n) is 6.17. The van der Waals surface area contributed by atoms with E-state index in [0.717, 1.165) is 44.6 Å². The van der Waals surface area contributed by atoms with E-state index < -0.39 is 10.0 Å². The fourth-order valence-corrected chi connectivity index (χ4v) is 3.95. The van der Waals surface area contributed by atoms with Crippen LogP contribution in [0.1, 0.15) is 24.8 Å². The van der Waals surface area contributed by atoms with Gasteiger partial charge in [0.05, 0.1) is 4.90 Å². The van der Waals surface area contributed by atoms with Crippen LogP contribution in [-0.4, -0.2) is 51.4 Å². The van der Waals surface area contributed by atoms with Crippen molar-refractivity contribution in [1.29, 1.82) is 0 Å². The third-order valence-corrected chi connectivity index (χ3v) is 5.77. The number of carbonyl (C=O) groups excluding carboxylic acids is 1. The Kier molecular flexibility index (Phi) is 6.62. The number of hydrogen-bond acceptors (Lipinski definition) is 4. The highest BCUT2D eigenvalue weighted by Crippen LogP contribution is 2.22. The van der Waals surface area contributed by atoms with Gasteiger partial charge >= 0.3 is 0 Å². The van der Waals surface area contributed by atoms with Crippen LogP contribution >= 0.6 is 12.4 Å². The molecule has 134 valence electrons. The van der Waals surface area contributed by atoms with E-state index in [-0.39, 0.29) is 24.4 Å². The van der Waals surface area contributed by atoms with E-state index in [9.17, 15) is 13.2 Å². The van der Waals surface area contributed by atoms with Gasteiger partial charge in [-0.2, -0.15) is 0 Å². The fourth-order valence-electron chi connectivity index (χ4n) is 2.65. The van der Waals surface area contributed by atoms with Gasteiger partial charge in [0.2, 0.25) is 15.9 Å². The molecule has 6 nitrogen and oxygen atoms in total. The SMILES string of the molecule is Cl.O=C(CCc1ccc(S(=O)(=O)NC2CC2)cc1)N1CCNCC1. The molecule has 3 rings (SSSR count). The minimum absolute atomic E-state index is 0. The Labute approximate surface area is 149 Å². The average molecular weight is 374 g/mol. The number of aryl methyl sites for hydroxylation is 1. The smallest absolute Gasteiger partial charge is 0.240 e. The molecular weight excluding hydrogens is 350 g/mol. The number of hydrogen-bond donors (Lipinski definition) is 2. The van der Waals surface area contributed by atoms with E-state index in [4.69, 9.17) is 0 Å². The summed E-state index contributed by atoms with van der Waals surface area (Å²) >= 11 is 0. The predicted octanol–water partition coefficient (Wildman–Crippen LogP) is 0.914. The number of benzene rings is 1. The number of halogens is 1. The number of sulfonamides is 1. The first-order chi connectivity index (χ1) is 11.0. The van der Waals surface area contributed by atoms with E-state index in [2.05, 4.69) is 10.0 Å². The second-order valence-corrected chi connectivity index (χ2v) is 7.88. The van der Waals surface area contributed by atoms with E-state index in [1.165, 1.54) is 0 Å². The standard InChI is InChI=1S/C16H23N3O3S.ClH/c20-16(19-11-9-17-10-12-19)8-3-13-1-6-15(7-2-13)23(21,22)18-14-4-5-14;/h1-2,6-7,14,17-18H,3-5,8-12H2;1H. The molecule has 1 heterocycles. The fraction of sp³-hybridized carbons (Fsp3) is 0.562. The van der Waals surface area contributed by atoms with Crippen molar-refractivity contribution in [3.05, 3.63) is 29.8 Å². The summed E-state index contributed by atoms with van der Waals surface area (Å²) in [5.74, 6) is 0.165. The highest BCUT2D eigenvalue weighted by molar-refractivity contribution is 7.89. The Bertz CT molecular complexity index is 654. The lowest BCUT2D eigenvalue weighted by Crippen LogP contribution is -2.46. The minimum atomic E-state index is -3.39. The van der Waals surface area contributed by atoms with Gasteiger partial charge in [0, 0.05) is 38.6 Å². The zero-order chi connectivity index (χ0) is 16.3. The Balaban J connectivity index is 0.00000208. The van der Waals surface area contributed by atoms with Crippen molar-refractivity contribution in [1.82, 2.24) is 14.9 Å². The number of amides is 1. The van der Waals surface area contributed by atoms with Gasteiger partial charge in [-0.25, -0.2) is 13.1 Å². The van der Waals surface area contributed by atoms with Crippen molar-refractivity contribution in [3.8, 4) is 0 Å². The first kappa shape index (κ1) is 19.2. The van der Waals surface area contributed by atoms with E-state index in [0.29, 0.717) is 17.7 Å². The van der Waals surface area contributed by atoms with E-state index in [1.807, 2.05) is 4.90 Å². The monoisotopic (exact) mass is 373 g/mol. The summed E-state index contributed by atoms with van der Waals surface area (Å²) in [6.45, 7) is 3.24. The molecule has 1 aromatic rings. The van der Waals surface area contributed by atoms with E-state index >= 15 is 0 Å². The third kappa shape index (κ3) is 5.17. The molecule has 0 aromatic heterocycles. The summed E-state index contributed by atoms with van der Waals surface area (Å²) in [5.41, 5.74) is 0.985. The van der Waals surface area contributed by atoms with Crippen molar-refractivity contribution in [2.45, 2.75) is 36.6 Å². The van der Waals surface area contributed by atoms with Crippen molar-refractivity contribution in [2.75, 3.05) is 26.2 Å². The summed E-state index contributed by atoms with van der Waals surface area (Å²) in [6, 6.07) is 6.94. The molecule has 0 atom stereocenters. The molecule has 8 heteroatoms. The molecule has 24 heavy (non-hydrogen) atoms. The summed E-state index contributed by atoms with van der Waals surface area (Å²) in [7, 11) is -3.39. The molecule has 2 aliphatic rings. The number of nitrogens with one attached hydrogen (secondary N) is 2.